The van der Waals surface area contributed by atoms with E-state index in [1.165, 1.54) is 4.68 Å². The first-order valence-electron chi connectivity index (χ1n) is 9.77. The standard InChI is InChI=1S/C22H26N6O2/c1-15-8-5-6-9-16(15)20(30)23-13-10-19(29)26-18-14-17(22(2,3)4)27-28(18)21-24-11-7-12-25-21/h5-9,11-12,14H,10,13H2,1-4H3,(H,23,30)(H,26,29). The minimum absolute atomic E-state index is 0.128. The summed E-state index contributed by atoms with van der Waals surface area (Å²) in [5.41, 5.74) is 2.09. The van der Waals surface area contributed by atoms with Gasteiger partial charge in [0, 0.05) is 42.4 Å². The summed E-state index contributed by atoms with van der Waals surface area (Å²) in [6.45, 7) is 8.22. The van der Waals surface area contributed by atoms with Crippen molar-refractivity contribution < 1.29 is 9.59 Å². The van der Waals surface area contributed by atoms with Gasteiger partial charge in [0.05, 0.1) is 5.69 Å². The summed E-state index contributed by atoms with van der Waals surface area (Å²) in [6.07, 6.45) is 3.37. The summed E-state index contributed by atoms with van der Waals surface area (Å²) in [5.74, 6) is 0.425. The van der Waals surface area contributed by atoms with Gasteiger partial charge in [0.2, 0.25) is 5.91 Å². The van der Waals surface area contributed by atoms with Crippen LogP contribution in [0.25, 0.3) is 5.95 Å². The fourth-order valence-corrected chi connectivity index (χ4v) is 2.81. The van der Waals surface area contributed by atoms with Gasteiger partial charge < -0.3 is 10.6 Å². The smallest absolute Gasteiger partial charge is 0.252 e. The minimum Gasteiger partial charge on any atom is -0.352 e. The maximum absolute atomic E-state index is 12.5. The van der Waals surface area contributed by atoms with E-state index in [-0.39, 0.29) is 30.2 Å². The van der Waals surface area contributed by atoms with Gasteiger partial charge in [-0.3, -0.25) is 9.59 Å². The molecule has 0 aliphatic rings. The Morgan fingerprint density at radius 3 is 2.43 bits per heavy atom. The molecule has 0 radical (unpaired) electrons. The molecule has 1 aromatic carbocycles. The third kappa shape index (κ3) is 5.08. The highest BCUT2D eigenvalue weighted by Gasteiger charge is 2.22. The highest BCUT2D eigenvalue weighted by atomic mass is 16.2. The van der Waals surface area contributed by atoms with Crippen molar-refractivity contribution in [3.05, 3.63) is 65.6 Å². The number of aromatic nitrogens is 4. The van der Waals surface area contributed by atoms with Crippen LogP contribution in [0.5, 0.6) is 0 Å². The van der Waals surface area contributed by atoms with E-state index in [1.54, 1.807) is 24.5 Å². The molecule has 2 N–H and O–H groups in total. The first-order chi connectivity index (χ1) is 14.3. The molecule has 8 heteroatoms. The average Bonchev–Trinajstić information content (AvgIpc) is 3.13. The van der Waals surface area contributed by atoms with Crippen LogP contribution in [0.3, 0.4) is 0 Å². The molecule has 156 valence electrons. The molecule has 0 atom stereocenters. The Morgan fingerprint density at radius 1 is 1.07 bits per heavy atom. The molecule has 0 fully saturated rings. The molecule has 0 saturated carbocycles. The Labute approximate surface area is 175 Å². The van der Waals surface area contributed by atoms with Crippen LogP contribution < -0.4 is 10.6 Å². The van der Waals surface area contributed by atoms with Crippen LogP contribution in [0.4, 0.5) is 5.82 Å². The highest BCUT2D eigenvalue weighted by molar-refractivity contribution is 5.96. The van der Waals surface area contributed by atoms with Gasteiger partial charge in [0.15, 0.2) is 0 Å². The van der Waals surface area contributed by atoms with E-state index in [1.807, 2.05) is 52.0 Å². The Balaban J connectivity index is 1.67. The predicted octanol–water partition coefficient (Wildman–Crippen LogP) is 3.03. The summed E-state index contributed by atoms with van der Waals surface area (Å²) in [4.78, 5) is 33.2. The molecule has 0 spiro atoms. The summed E-state index contributed by atoms with van der Waals surface area (Å²) in [6, 6.07) is 10.9. The lowest BCUT2D eigenvalue weighted by Crippen LogP contribution is -2.28. The van der Waals surface area contributed by atoms with Gasteiger partial charge in [-0.25, -0.2) is 9.97 Å². The van der Waals surface area contributed by atoms with Gasteiger partial charge in [0.1, 0.15) is 5.82 Å². The second kappa shape index (κ2) is 8.86. The van der Waals surface area contributed by atoms with Crippen LogP contribution in [-0.4, -0.2) is 38.1 Å². The molecular weight excluding hydrogens is 380 g/mol. The molecular formula is C22H26N6O2. The molecule has 2 aromatic heterocycles. The van der Waals surface area contributed by atoms with Crippen LogP contribution in [0.1, 0.15) is 48.8 Å². The van der Waals surface area contributed by atoms with Crippen LogP contribution in [-0.2, 0) is 10.2 Å². The average molecular weight is 406 g/mol. The van der Waals surface area contributed by atoms with Gasteiger partial charge >= 0.3 is 0 Å². The van der Waals surface area contributed by atoms with Crippen molar-refractivity contribution >= 4 is 17.6 Å². The number of hydrogen-bond acceptors (Lipinski definition) is 5. The Kier molecular flexibility index (Phi) is 6.25. The predicted molar refractivity (Wildman–Crippen MR) is 115 cm³/mol. The molecule has 2 heterocycles. The van der Waals surface area contributed by atoms with E-state index >= 15 is 0 Å². The van der Waals surface area contributed by atoms with Gasteiger partial charge in [-0.05, 0) is 24.6 Å². The summed E-state index contributed by atoms with van der Waals surface area (Å²) in [5, 5.41) is 10.2. The van der Waals surface area contributed by atoms with Gasteiger partial charge in [-0.1, -0.05) is 39.0 Å². The largest absolute Gasteiger partial charge is 0.352 e. The lowest BCUT2D eigenvalue weighted by atomic mass is 9.92. The summed E-state index contributed by atoms with van der Waals surface area (Å²) < 4.78 is 1.52. The quantitative estimate of drug-likeness (QED) is 0.655. The number of amides is 2. The lowest BCUT2D eigenvalue weighted by Gasteiger charge is -2.13. The molecule has 0 aliphatic heterocycles. The zero-order chi connectivity index (χ0) is 21.7. The van der Waals surface area contributed by atoms with Gasteiger partial charge in [-0.2, -0.15) is 9.78 Å². The lowest BCUT2D eigenvalue weighted by molar-refractivity contribution is -0.116. The molecule has 3 rings (SSSR count). The topological polar surface area (TPSA) is 102 Å². The molecule has 0 bridgehead atoms. The first kappa shape index (κ1) is 21.2. The fraction of sp³-hybridized carbons (Fsp3) is 0.318. The van der Waals surface area contributed by atoms with Crippen molar-refractivity contribution in [2.75, 3.05) is 11.9 Å². The first-order valence-corrected chi connectivity index (χ1v) is 9.77. The van der Waals surface area contributed by atoms with Crippen molar-refractivity contribution in [2.45, 2.75) is 39.5 Å². The SMILES string of the molecule is Cc1ccccc1C(=O)NCCC(=O)Nc1cc(C(C)(C)C)nn1-c1ncccn1. The zero-order valence-corrected chi connectivity index (χ0v) is 17.6. The van der Waals surface area contributed by atoms with Crippen molar-refractivity contribution in [3.63, 3.8) is 0 Å². The third-order valence-electron chi connectivity index (χ3n) is 4.51. The molecule has 8 nitrogen and oxygen atoms in total. The van der Waals surface area contributed by atoms with Crippen LogP contribution in [0.15, 0.2) is 48.8 Å². The van der Waals surface area contributed by atoms with Crippen LogP contribution in [0.2, 0.25) is 0 Å². The third-order valence-corrected chi connectivity index (χ3v) is 4.51. The normalized spacial score (nSPS) is 11.2. The maximum Gasteiger partial charge on any atom is 0.252 e. The Hall–Kier alpha value is -3.55. The van der Waals surface area contributed by atoms with Crippen molar-refractivity contribution in [2.24, 2.45) is 0 Å². The number of hydrogen-bond donors (Lipinski definition) is 2. The summed E-state index contributed by atoms with van der Waals surface area (Å²) >= 11 is 0. The highest BCUT2D eigenvalue weighted by Crippen LogP contribution is 2.25. The van der Waals surface area contributed by atoms with E-state index in [0.717, 1.165) is 11.3 Å². The molecule has 30 heavy (non-hydrogen) atoms. The second-order valence-electron chi connectivity index (χ2n) is 7.99. The number of rotatable bonds is 6. The zero-order valence-electron chi connectivity index (χ0n) is 17.6. The van der Waals surface area contributed by atoms with Crippen molar-refractivity contribution in [1.82, 2.24) is 25.1 Å². The Morgan fingerprint density at radius 2 is 1.77 bits per heavy atom. The molecule has 2 amide bonds. The fourth-order valence-electron chi connectivity index (χ4n) is 2.81. The number of benzene rings is 1. The number of nitrogens with one attached hydrogen (secondary N) is 2. The van der Waals surface area contributed by atoms with E-state index in [2.05, 4.69) is 25.7 Å². The van der Waals surface area contributed by atoms with Crippen LogP contribution >= 0.6 is 0 Å². The minimum atomic E-state index is -0.238. The van der Waals surface area contributed by atoms with Crippen molar-refractivity contribution in [1.29, 1.82) is 0 Å². The number of aryl methyl sites for hydroxylation is 1. The summed E-state index contributed by atoms with van der Waals surface area (Å²) in [7, 11) is 0. The second-order valence-corrected chi connectivity index (χ2v) is 7.99. The number of nitrogens with zero attached hydrogens (tertiary/aromatic N) is 4. The molecule has 3 aromatic rings. The van der Waals surface area contributed by atoms with E-state index < -0.39 is 0 Å². The van der Waals surface area contributed by atoms with Crippen LogP contribution in [0, 0.1) is 6.92 Å². The van der Waals surface area contributed by atoms with E-state index in [9.17, 15) is 9.59 Å². The van der Waals surface area contributed by atoms with Gasteiger partial charge in [-0.15, -0.1) is 0 Å². The number of anilines is 1. The Bertz CT molecular complexity index is 1040. The van der Waals surface area contributed by atoms with Gasteiger partial charge in [0.25, 0.3) is 11.9 Å². The molecule has 0 unspecified atom stereocenters. The maximum atomic E-state index is 12.5. The number of carbonyl (C=O) groups is 2. The van der Waals surface area contributed by atoms with E-state index in [0.29, 0.717) is 17.3 Å². The van der Waals surface area contributed by atoms with E-state index in [4.69, 9.17) is 0 Å². The van der Waals surface area contributed by atoms with Crippen molar-refractivity contribution in [3.8, 4) is 5.95 Å². The number of carbonyl (C=O) groups excluding carboxylic acids is 2. The molecule has 0 saturated heterocycles. The molecule has 0 aliphatic carbocycles. The monoisotopic (exact) mass is 406 g/mol.